The van der Waals surface area contributed by atoms with Crippen LogP contribution in [0.25, 0.3) is 65.9 Å². The van der Waals surface area contributed by atoms with Gasteiger partial charge in [-0.05, 0) is 45.5 Å². The van der Waals surface area contributed by atoms with Gasteiger partial charge in [0.2, 0.25) is 0 Å². The maximum absolute atomic E-state index is 3.70. The molecule has 0 amide bonds. The highest BCUT2D eigenvalue weighted by atomic mass is 14.7. The highest BCUT2D eigenvalue weighted by molar-refractivity contribution is 6.12. The third-order valence-corrected chi connectivity index (χ3v) is 10.8. The molecule has 2 heterocycles. The number of H-pyrrole nitrogens is 2. The van der Waals surface area contributed by atoms with E-state index in [0.29, 0.717) is 0 Å². The van der Waals surface area contributed by atoms with E-state index in [0.717, 1.165) is 11.0 Å². The van der Waals surface area contributed by atoms with Gasteiger partial charge < -0.3 is 9.97 Å². The fourth-order valence-corrected chi connectivity index (χ4v) is 8.40. The largest absolute Gasteiger partial charge is 0.354 e. The van der Waals surface area contributed by atoms with Crippen molar-refractivity contribution < 1.29 is 0 Å². The molecule has 0 aliphatic rings. The zero-order chi connectivity index (χ0) is 33.8. The molecule has 0 unspecified atom stereocenters. The quantitative estimate of drug-likeness (QED) is 0.168. The topological polar surface area (TPSA) is 31.6 Å². The summed E-state index contributed by atoms with van der Waals surface area (Å²) >= 11 is 0. The Kier molecular flexibility index (Phi) is 6.75. The van der Waals surface area contributed by atoms with Crippen molar-refractivity contribution in [3.8, 4) is 22.3 Å². The summed E-state index contributed by atoms with van der Waals surface area (Å²) in [4.78, 5) is 7.40. The average molecular weight is 651 g/mol. The van der Waals surface area contributed by atoms with Crippen LogP contribution in [0.3, 0.4) is 0 Å². The van der Waals surface area contributed by atoms with Gasteiger partial charge in [-0.3, -0.25) is 0 Å². The molecular formula is C49H34N2. The first kappa shape index (κ1) is 29.3. The lowest BCUT2D eigenvalue weighted by Crippen LogP contribution is -2.31. The second kappa shape index (κ2) is 11.8. The Hall–Kier alpha value is -6.64. The van der Waals surface area contributed by atoms with Gasteiger partial charge in [-0.25, -0.2) is 0 Å². The number of para-hydroxylation sites is 4. The number of nitrogens with one attached hydrogen (secondary N) is 2. The number of benzene rings is 8. The molecule has 0 radical (unpaired) electrons. The van der Waals surface area contributed by atoms with Crippen LogP contribution in [-0.2, 0) is 5.41 Å². The van der Waals surface area contributed by atoms with E-state index in [-0.39, 0.29) is 0 Å². The van der Waals surface area contributed by atoms with Crippen molar-refractivity contribution >= 4 is 43.6 Å². The van der Waals surface area contributed by atoms with Crippen LogP contribution in [0.15, 0.2) is 194 Å². The summed E-state index contributed by atoms with van der Waals surface area (Å²) in [6.07, 6.45) is 0. The van der Waals surface area contributed by atoms with E-state index in [9.17, 15) is 0 Å². The SMILES string of the molecule is c1ccc(C(c2ccccc2)(c2ccc(-c3cccc4c3[nH]c3ccccc34)cc2)c2ccc(-c3cccc4c3[nH]c3ccccc34)cc2)cc1. The fourth-order valence-electron chi connectivity index (χ4n) is 8.40. The minimum absolute atomic E-state index is 0.542. The van der Waals surface area contributed by atoms with Crippen LogP contribution in [0, 0.1) is 0 Å². The fraction of sp³-hybridized carbons (Fsp3) is 0.0204. The van der Waals surface area contributed by atoms with Crippen LogP contribution in [0.4, 0.5) is 0 Å². The van der Waals surface area contributed by atoms with Crippen LogP contribution >= 0.6 is 0 Å². The van der Waals surface area contributed by atoms with Gasteiger partial charge in [0.25, 0.3) is 0 Å². The summed E-state index contributed by atoms with van der Waals surface area (Å²) in [5, 5.41) is 5.00. The molecule has 51 heavy (non-hydrogen) atoms. The number of hydrogen-bond donors (Lipinski definition) is 2. The number of aromatic nitrogens is 2. The minimum atomic E-state index is -0.542. The lowest BCUT2D eigenvalue weighted by Gasteiger charge is -2.37. The van der Waals surface area contributed by atoms with E-state index < -0.39 is 5.41 Å². The molecule has 2 heteroatoms. The van der Waals surface area contributed by atoms with Gasteiger partial charge in [0.15, 0.2) is 0 Å². The first-order chi connectivity index (χ1) is 25.3. The Balaban J connectivity index is 1.15. The standard InChI is InChI=1S/C49H34N2/c1-3-13-35(14-4-1)49(36-15-5-2-6-16-36,37-29-25-33(26-30-37)39-19-11-21-43-41-17-7-9-23-45(41)50-47(39)43)38-31-27-34(28-32-38)40-20-12-22-44-42-18-8-10-24-46(42)51-48(40)44/h1-32,50-51H. The minimum Gasteiger partial charge on any atom is -0.354 e. The predicted octanol–water partition coefficient (Wildman–Crippen LogP) is 12.7. The summed E-state index contributed by atoms with van der Waals surface area (Å²) in [5.41, 5.74) is 13.8. The summed E-state index contributed by atoms with van der Waals surface area (Å²) in [5.74, 6) is 0. The van der Waals surface area contributed by atoms with Gasteiger partial charge >= 0.3 is 0 Å². The third-order valence-electron chi connectivity index (χ3n) is 10.8. The van der Waals surface area contributed by atoms with Crippen molar-refractivity contribution in [1.29, 1.82) is 0 Å². The molecule has 0 spiro atoms. The Morgan fingerprint density at radius 2 is 0.627 bits per heavy atom. The van der Waals surface area contributed by atoms with Crippen LogP contribution < -0.4 is 0 Å². The molecule has 2 N–H and O–H groups in total. The number of hydrogen-bond acceptors (Lipinski definition) is 0. The molecule has 2 nitrogen and oxygen atoms in total. The molecule has 240 valence electrons. The van der Waals surface area contributed by atoms with E-state index in [4.69, 9.17) is 0 Å². The van der Waals surface area contributed by atoms with Gasteiger partial charge in [-0.15, -0.1) is 0 Å². The van der Waals surface area contributed by atoms with Gasteiger partial charge in [0.05, 0.1) is 16.4 Å². The first-order valence-corrected chi connectivity index (χ1v) is 17.6. The maximum atomic E-state index is 3.70. The molecule has 0 aliphatic carbocycles. The normalized spacial score (nSPS) is 11.9. The summed E-state index contributed by atoms with van der Waals surface area (Å²) in [6, 6.07) is 70.7. The van der Waals surface area contributed by atoms with Gasteiger partial charge in [0, 0.05) is 43.7 Å². The van der Waals surface area contributed by atoms with Crippen LogP contribution in [-0.4, -0.2) is 9.97 Å². The Bertz CT molecular complexity index is 2620. The number of rotatable bonds is 6. The smallest absolute Gasteiger partial charge is 0.0701 e. The van der Waals surface area contributed by atoms with Crippen molar-refractivity contribution in [1.82, 2.24) is 9.97 Å². The second-order valence-corrected chi connectivity index (χ2v) is 13.4. The van der Waals surface area contributed by atoms with E-state index in [2.05, 4.69) is 204 Å². The Labute approximate surface area is 296 Å². The zero-order valence-electron chi connectivity index (χ0n) is 28.0. The predicted molar refractivity (Wildman–Crippen MR) is 214 cm³/mol. The highest BCUT2D eigenvalue weighted by Gasteiger charge is 2.38. The van der Waals surface area contributed by atoms with Crippen molar-refractivity contribution in [2.45, 2.75) is 5.41 Å². The van der Waals surface area contributed by atoms with Crippen molar-refractivity contribution in [3.05, 3.63) is 216 Å². The van der Waals surface area contributed by atoms with E-state index in [1.54, 1.807) is 0 Å². The number of fused-ring (bicyclic) bond motifs is 6. The van der Waals surface area contributed by atoms with Crippen LogP contribution in [0.2, 0.25) is 0 Å². The van der Waals surface area contributed by atoms with Crippen LogP contribution in [0.5, 0.6) is 0 Å². The monoisotopic (exact) mass is 650 g/mol. The molecule has 0 atom stereocenters. The lowest BCUT2D eigenvalue weighted by atomic mass is 9.65. The second-order valence-electron chi connectivity index (χ2n) is 13.4. The molecular weight excluding hydrogens is 617 g/mol. The molecule has 10 rings (SSSR count). The Morgan fingerprint density at radius 3 is 1.06 bits per heavy atom. The summed E-state index contributed by atoms with van der Waals surface area (Å²) in [7, 11) is 0. The zero-order valence-corrected chi connectivity index (χ0v) is 28.0. The first-order valence-electron chi connectivity index (χ1n) is 17.6. The summed E-state index contributed by atoms with van der Waals surface area (Å²) in [6.45, 7) is 0. The molecule has 10 aromatic rings. The average Bonchev–Trinajstić information content (AvgIpc) is 3.79. The van der Waals surface area contributed by atoms with Gasteiger partial charge in [-0.2, -0.15) is 0 Å². The van der Waals surface area contributed by atoms with Gasteiger partial charge in [0.1, 0.15) is 0 Å². The van der Waals surface area contributed by atoms with Crippen molar-refractivity contribution in [2.75, 3.05) is 0 Å². The van der Waals surface area contributed by atoms with Gasteiger partial charge in [-0.1, -0.05) is 182 Å². The van der Waals surface area contributed by atoms with Crippen LogP contribution in [0.1, 0.15) is 22.3 Å². The summed E-state index contributed by atoms with van der Waals surface area (Å²) < 4.78 is 0. The third kappa shape index (κ3) is 4.57. The molecule has 0 bridgehead atoms. The molecule has 0 saturated carbocycles. The molecule has 0 saturated heterocycles. The molecule has 8 aromatic carbocycles. The number of aromatic amines is 2. The molecule has 0 aliphatic heterocycles. The molecule has 0 fully saturated rings. The van der Waals surface area contributed by atoms with E-state index in [1.807, 2.05) is 0 Å². The van der Waals surface area contributed by atoms with E-state index in [1.165, 1.54) is 77.1 Å². The van der Waals surface area contributed by atoms with Crippen molar-refractivity contribution in [3.63, 3.8) is 0 Å². The maximum Gasteiger partial charge on any atom is 0.0701 e. The lowest BCUT2D eigenvalue weighted by molar-refractivity contribution is 0.745. The Morgan fingerprint density at radius 1 is 0.275 bits per heavy atom. The van der Waals surface area contributed by atoms with E-state index >= 15 is 0 Å². The van der Waals surface area contributed by atoms with Crippen molar-refractivity contribution in [2.24, 2.45) is 0 Å². The molecule has 2 aromatic heterocycles. The highest BCUT2D eigenvalue weighted by Crippen LogP contribution is 2.46.